The lowest BCUT2D eigenvalue weighted by Gasteiger charge is -2.20. The number of aromatic nitrogens is 3. The SMILES string of the molecule is COc1ccc(C(=O)Nc2ccc3[nH]c(C)c([C@H](Nc4cc(C)ccn4)c4ccccn4)c3c2)cc1. The van der Waals surface area contributed by atoms with Gasteiger partial charge < -0.3 is 20.4 Å². The Balaban J connectivity index is 1.53. The Morgan fingerprint density at radius 3 is 2.50 bits per heavy atom. The van der Waals surface area contributed by atoms with Crippen LogP contribution in [0.3, 0.4) is 0 Å². The summed E-state index contributed by atoms with van der Waals surface area (Å²) in [6, 6.07) is 22.5. The van der Waals surface area contributed by atoms with Crippen LogP contribution >= 0.6 is 0 Å². The van der Waals surface area contributed by atoms with Crippen LogP contribution in [-0.4, -0.2) is 28.0 Å². The standard InChI is InChI=1S/C29H27N5O2/c1-18-13-15-31-26(16-18)34-28(25-6-4-5-14-30-25)27-19(2)32-24-12-9-21(17-23(24)27)33-29(35)20-7-10-22(36-3)11-8-20/h4-17,28,32H,1-3H3,(H,31,34)(H,33,35)/t28-/m1/s1. The number of ether oxygens (including phenoxy) is 1. The van der Waals surface area contributed by atoms with Crippen LogP contribution < -0.4 is 15.4 Å². The predicted molar refractivity (Wildman–Crippen MR) is 143 cm³/mol. The molecule has 36 heavy (non-hydrogen) atoms. The first-order chi connectivity index (χ1) is 17.5. The number of carbonyl (C=O) groups is 1. The van der Waals surface area contributed by atoms with Crippen molar-refractivity contribution < 1.29 is 9.53 Å². The van der Waals surface area contributed by atoms with Crippen molar-refractivity contribution in [1.82, 2.24) is 15.0 Å². The molecule has 0 fully saturated rings. The smallest absolute Gasteiger partial charge is 0.255 e. The zero-order chi connectivity index (χ0) is 25.1. The summed E-state index contributed by atoms with van der Waals surface area (Å²) in [5, 5.41) is 7.59. The van der Waals surface area contributed by atoms with Crippen molar-refractivity contribution in [3.8, 4) is 5.75 Å². The lowest BCUT2D eigenvalue weighted by atomic mass is 9.99. The summed E-state index contributed by atoms with van der Waals surface area (Å²) in [7, 11) is 1.60. The van der Waals surface area contributed by atoms with Gasteiger partial charge in [0.25, 0.3) is 5.91 Å². The molecule has 1 atom stereocenters. The summed E-state index contributed by atoms with van der Waals surface area (Å²) >= 11 is 0. The fourth-order valence-electron chi connectivity index (χ4n) is 4.35. The van der Waals surface area contributed by atoms with Crippen LogP contribution in [-0.2, 0) is 0 Å². The van der Waals surface area contributed by atoms with Crippen molar-refractivity contribution in [2.75, 3.05) is 17.7 Å². The number of fused-ring (bicyclic) bond motifs is 1. The minimum atomic E-state index is -0.248. The van der Waals surface area contributed by atoms with Gasteiger partial charge in [0.1, 0.15) is 11.6 Å². The Kier molecular flexibility index (Phi) is 6.36. The van der Waals surface area contributed by atoms with E-state index in [0.29, 0.717) is 17.0 Å². The van der Waals surface area contributed by atoms with Crippen LogP contribution in [0.5, 0.6) is 5.75 Å². The van der Waals surface area contributed by atoms with Gasteiger partial charge in [0.15, 0.2) is 0 Å². The lowest BCUT2D eigenvalue weighted by Crippen LogP contribution is -2.15. The van der Waals surface area contributed by atoms with Crippen molar-refractivity contribution in [1.29, 1.82) is 0 Å². The van der Waals surface area contributed by atoms with Gasteiger partial charge in [0.2, 0.25) is 0 Å². The van der Waals surface area contributed by atoms with Crippen molar-refractivity contribution in [3.05, 3.63) is 113 Å². The van der Waals surface area contributed by atoms with Crippen molar-refractivity contribution >= 4 is 28.3 Å². The highest BCUT2D eigenvalue weighted by Gasteiger charge is 2.23. The van der Waals surface area contributed by atoms with E-state index in [2.05, 4.69) is 25.6 Å². The largest absolute Gasteiger partial charge is 0.497 e. The van der Waals surface area contributed by atoms with Crippen molar-refractivity contribution in [2.24, 2.45) is 0 Å². The van der Waals surface area contributed by atoms with Gasteiger partial charge >= 0.3 is 0 Å². The fraction of sp³-hybridized carbons (Fsp3) is 0.138. The van der Waals surface area contributed by atoms with E-state index in [-0.39, 0.29) is 11.9 Å². The molecular formula is C29H27N5O2. The van der Waals surface area contributed by atoms with Crippen LogP contribution in [0.1, 0.15) is 38.9 Å². The third-order valence-corrected chi connectivity index (χ3v) is 6.13. The number of hydrogen-bond acceptors (Lipinski definition) is 5. The number of rotatable bonds is 7. The number of H-pyrrole nitrogens is 1. The number of aryl methyl sites for hydroxylation is 2. The van der Waals surface area contributed by atoms with E-state index in [4.69, 9.17) is 4.74 Å². The third-order valence-electron chi connectivity index (χ3n) is 6.13. The van der Waals surface area contributed by atoms with Crippen LogP contribution in [0, 0.1) is 13.8 Å². The molecule has 3 heterocycles. The van der Waals surface area contributed by atoms with Gasteiger partial charge in [0.05, 0.1) is 18.8 Å². The lowest BCUT2D eigenvalue weighted by molar-refractivity contribution is 0.102. The minimum Gasteiger partial charge on any atom is -0.497 e. The topological polar surface area (TPSA) is 91.9 Å². The molecule has 5 aromatic rings. The Morgan fingerprint density at radius 1 is 0.944 bits per heavy atom. The van der Waals surface area contributed by atoms with E-state index in [1.54, 1.807) is 43.8 Å². The van der Waals surface area contributed by atoms with E-state index >= 15 is 0 Å². The summed E-state index contributed by atoms with van der Waals surface area (Å²) in [4.78, 5) is 25.5. The van der Waals surface area contributed by atoms with E-state index < -0.39 is 0 Å². The van der Waals surface area contributed by atoms with Gasteiger partial charge in [-0.1, -0.05) is 6.07 Å². The predicted octanol–water partition coefficient (Wildman–Crippen LogP) is 6.04. The minimum absolute atomic E-state index is 0.186. The first-order valence-electron chi connectivity index (χ1n) is 11.7. The number of methoxy groups -OCH3 is 1. The molecule has 0 unspecified atom stereocenters. The van der Waals surface area contributed by atoms with Crippen molar-refractivity contribution in [3.63, 3.8) is 0 Å². The second-order valence-electron chi connectivity index (χ2n) is 8.66. The Hall–Kier alpha value is -4.65. The zero-order valence-corrected chi connectivity index (χ0v) is 20.4. The Morgan fingerprint density at radius 2 is 1.78 bits per heavy atom. The summed E-state index contributed by atoms with van der Waals surface area (Å²) in [5.41, 5.74) is 6.29. The van der Waals surface area contributed by atoms with Crippen LogP contribution in [0.15, 0.2) is 85.2 Å². The Labute approximate surface area is 209 Å². The van der Waals surface area contributed by atoms with Gasteiger partial charge in [-0.15, -0.1) is 0 Å². The molecule has 0 spiro atoms. The molecule has 0 saturated heterocycles. The molecule has 7 nitrogen and oxygen atoms in total. The zero-order valence-electron chi connectivity index (χ0n) is 20.4. The number of nitrogens with one attached hydrogen (secondary N) is 3. The highest BCUT2D eigenvalue weighted by molar-refractivity contribution is 6.05. The quantitative estimate of drug-likeness (QED) is 0.266. The van der Waals surface area contributed by atoms with Gasteiger partial charge in [-0.2, -0.15) is 0 Å². The van der Waals surface area contributed by atoms with E-state index in [9.17, 15) is 4.79 Å². The van der Waals surface area contributed by atoms with E-state index in [0.717, 1.165) is 39.2 Å². The molecule has 0 saturated carbocycles. The van der Waals surface area contributed by atoms with Crippen LogP contribution in [0.4, 0.5) is 11.5 Å². The number of nitrogens with zero attached hydrogens (tertiary/aromatic N) is 2. The van der Waals surface area contributed by atoms with Crippen molar-refractivity contribution in [2.45, 2.75) is 19.9 Å². The second-order valence-corrected chi connectivity index (χ2v) is 8.66. The Bertz CT molecular complexity index is 1510. The average molecular weight is 478 g/mol. The normalized spacial score (nSPS) is 11.8. The summed E-state index contributed by atoms with van der Waals surface area (Å²) < 4.78 is 5.19. The number of aromatic amines is 1. The van der Waals surface area contributed by atoms with Gasteiger partial charge in [-0.05, 0) is 86.1 Å². The number of carbonyl (C=O) groups excluding carboxylic acids is 1. The van der Waals surface area contributed by atoms with Crippen LogP contribution in [0.2, 0.25) is 0 Å². The highest BCUT2D eigenvalue weighted by atomic mass is 16.5. The van der Waals surface area contributed by atoms with E-state index in [1.807, 2.05) is 62.4 Å². The van der Waals surface area contributed by atoms with Gasteiger partial charge in [-0.3, -0.25) is 9.78 Å². The fourth-order valence-corrected chi connectivity index (χ4v) is 4.35. The summed E-state index contributed by atoms with van der Waals surface area (Å²) in [6.45, 7) is 4.09. The molecule has 3 N–H and O–H groups in total. The maximum atomic E-state index is 12.9. The number of amides is 1. The van der Waals surface area contributed by atoms with Gasteiger partial charge in [0, 0.05) is 45.8 Å². The molecule has 7 heteroatoms. The molecule has 0 radical (unpaired) electrons. The molecule has 0 aliphatic carbocycles. The summed E-state index contributed by atoms with van der Waals surface area (Å²) in [6.07, 6.45) is 3.58. The second kappa shape index (κ2) is 9.92. The number of anilines is 2. The third kappa shape index (κ3) is 4.77. The first kappa shape index (κ1) is 23.1. The molecule has 2 aromatic carbocycles. The molecule has 3 aromatic heterocycles. The molecule has 1 amide bonds. The molecule has 0 aliphatic rings. The monoisotopic (exact) mass is 477 g/mol. The maximum Gasteiger partial charge on any atom is 0.255 e. The average Bonchev–Trinajstić information content (AvgIpc) is 3.22. The first-order valence-corrected chi connectivity index (χ1v) is 11.7. The molecule has 0 aliphatic heterocycles. The molecule has 180 valence electrons. The number of benzene rings is 2. The maximum absolute atomic E-state index is 12.9. The molecular weight excluding hydrogens is 450 g/mol. The number of pyridine rings is 2. The molecule has 5 rings (SSSR count). The highest BCUT2D eigenvalue weighted by Crippen LogP contribution is 2.35. The number of hydrogen-bond donors (Lipinski definition) is 3. The summed E-state index contributed by atoms with van der Waals surface area (Å²) in [5.74, 6) is 1.29. The van der Waals surface area contributed by atoms with E-state index in [1.165, 1.54) is 0 Å². The van der Waals surface area contributed by atoms with Crippen LogP contribution in [0.25, 0.3) is 10.9 Å². The van der Waals surface area contributed by atoms with Gasteiger partial charge in [-0.25, -0.2) is 4.98 Å². The molecule has 0 bridgehead atoms.